The maximum Gasteiger partial charge on any atom is 0.251 e. The van der Waals surface area contributed by atoms with Crippen molar-refractivity contribution in [1.29, 1.82) is 0 Å². The fourth-order valence-electron chi connectivity index (χ4n) is 2.68. The fraction of sp³-hybridized carbons (Fsp3) is 0.364. The van der Waals surface area contributed by atoms with Crippen molar-refractivity contribution in [2.24, 2.45) is 5.92 Å². The van der Waals surface area contributed by atoms with Gasteiger partial charge in [-0.3, -0.25) is 9.59 Å². The lowest BCUT2D eigenvalue weighted by molar-refractivity contribution is -0.121. The molecule has 0 bridgehead atoms. The van der Waals surface area contributed by atoms with E-state index < -0.39 is 0 Å². The van der Waals surface area contributed by atoms with Crippen LogP contribution in [0.15, 0.2) is 54.6 Å². The Kier molecular flexibility index (Phi) is 8.88. The van der Waals surface area contributed by atoms with Crippen LogP contribution in [0.3, 0.4) is 0 Å². The highest BCUT2D eigenvalue weighted by Gasteiger charge is 2.22. The molecule has 6 heteroatoms. The van der Waals surface area contributed by atoms with Crippen LogP contribution in [-0.4, -0.2) is 35.3 Å². The van der Waals surface area contributed by atoms with E-state index in [1.54, 1.807) is 23.9 Å². The molecule has 0 aliphatic rings. The van der Waals surface area contributed by atoms with Gasteiger partial charge in [0.1, 0.15) is 5.75 Å². The Labute approximate surface area is 170 Å². The van der Waals surface area contributed by atoms with E-state index in [1.165, 1.54) is 17.7 Å². The molecular formula is C22H28N2O3S. The van der Waals surface area contributed by atoms with Gasteiger partial charge in [-0.05, 0) is 36.1 Å². The third-order valence-electron chi connectivity index (χ3n) is 4.18. The number of nitrogens with one attached hydrogen (secondary N) is 2. The van der Waals surface area contributed by atoms with Gasteiger partial charge < -0.3 is 15.7 Å². The molecule has 0 aliphatic carbocycles. The number of carbonyl (C=O) groups excluding carboxylic acids is 2. The van der Waals surface area contributed by atoms with E-state index in [4.69, 9.17) is 0 Å². The summed E-state index contributed by atoms with van der Waals surface area (Å²) in [4.78, 5) is 24.5. The summed E-state index contributed by atoms with van der Waals surface area (Å²) in [7, 11) is 0. The highest BCUT2D eigenvalue weighted by Crippen LogP contribution is 2.24. The van der Waals surface area contributed by atoms with Gasteiger partial charge in [0.15, 0.2) is 0 Å². The number of thioether (sulfide) groups is 1. The summed E-state index contributed by atoms with van der Waals surface area (Å²) in [5, 5.41) is 15.1. The highest BCUT2D eigenvalue weighted by atomic mass is 32.2. The molecule has 0 aromatic heterocycles. The van der Waals surface area contributed by atoms with Crippen LogP contribution in [0.4, 0.5) is 0 Å². The second-order valence-corrected chi connectivity index (χ2v) is 8.04. The predicted octanol–water partition coefficient (Wildman–Crippen LogP) is 3.59. The molecule has 150 valence electrons. The van der Waals surface area contributed by atoms with Crippen LogP contribution >= 0.6 is 11.8 Å². The number of rotatable bonds is 10. The molecule has 0 aliphatic heterocycles. The van der Waals surface area contributed by atoms with Crippen molar-refractivity contribution in [2.75, 3.05) is 13.1 Å². The molecule has 28 heavy (non-hydrogen) atoms. The Morgan fingerprint density at radius 3 is 2.39 bits per heavy atom. The second-order valence-electron chi connectivity index (χ2n) is 6.91. The lowest BCUT2D eigenvalue weighted by Crippen LogP contribution is -2.37. The highest BCUT2D eigenvalue weighted by molar-refractivity contribution is 7.99. The standard InChI is InChI=1S/C22H28N2O3S/c1-16(2)20(28-15-17-8-4-3-5-9-17)22(27)24-13-7-12-23-21(26)18-10-6-11-19(25)14-18/h3-6,8-11,14,16,20,25H,7,12-13,15H2,1-2H3,(H,23,26)(H,24,27). The topological polar surface area (TPSA) is 78.4 Å². The first-order valence-electron chi connectivity index (χ1n) is 9.48. The maximum absolute atomic E-state index is 12.5. The third kappa shape index (κ3) is 7.27. The first-order valence-corrected chi connectivity index (χ1v) is 10.5. The number of hydrogen-bond acceptors (Lipinski definition) is 4. The number of hydrogen-bond donors (Lipinski definition) is 3. The van der Waals surface area contributed by atoms with Crippen molar-refractivity contribution in [2.45, 2.75) is 31.3 Å². The van der Waals surface area contributed by atoms with E-state index in [9.17, 15) is 14.7 Å². The van der Waals surface area contributed by atoms with Gasteiger partial charge in [0.05, 0.1) is 5.25 Å². The van der Waals surface area contributed by atoms with Gasteiger partial charge in [0.2, 0.25) is 5.91 Å². The van der Waals surface area contributed by atoms with Gasteiger partial charge in [-0.2, -0.15) is 0 Å². The van der Waals surface area contributed by atoms with Gasteiger partial charge in [-0.25, -0.2) is 0 Å². The van der Waals surface area contributed by atoms with Crippen molar-refractivity contribution in [3.63, 3.8) is 0 Å². The first-order chi connectivity index (χ1) is 13.5. The van der Waals surface area contributed by atoms with Crippen molar-refractivity contribution >= 4 is 23.6 Å². The molecule has 5 nitrogen and oxygen atoms in total. The minimum Gasteiger partial charge on any atom is -0.508 e. The molecule has 0 saturated heterocycles. The normalized spacial score (nSPS) is 11.8. The minimum atomic E-state index is -0.235. The van der Waals surface area contributed by atoms with Crippen LogP contribution < -0.4 is 10.6 Å². The summed E-state index contributed by atoms with van der Waals surface area (Å²) in [5.41, 5.74) is 1.63. The molecule has 2 amide bonds. The molecule has 2 aromatic carbocycles. The Hall–Kier alpha value is -2.47. The largest absolute Gasteiger partial charge is 0.508 e. The molecule has 2 rings (SSSR count). The zero-order valence-electron chi connectivity index (χ0n) is 16.4. The van der Waals surface area contributed by atoms with Crippen LogP contribution in [0.25, 0.3) is 0 Å². The molecule has 0 saturated carbocycles. The third-order valence-corrected chi connectivity index (χ3v) is 5.80. The van der Waals surface area contributed by atoms with Gasteiger partial charge in [0.25, 0.3) is 5.91 Å². The number of phenols is 1. The van der Waals surface area contributed by atoms with Crippen molar-refractivity contribution in [1.82, 2.24) is 10.6 Å². The Morgan fingerprint density at radius 2 is 1.71 bits per heavy atom. The molecule has 1 unspecified atom stereocenters. The average Bonchev–Trinajstić information content (AvgIpc) is 2.68. The number of carbonyl (C=O) groups is 2. The smallest absolute Gasteiger partial charge is 0.251 e. The van der Waals surface area contributed by atoms with Crippen LogP contribution in [0, 0.1) is 5.92 Å². The van der Waals surface area contributed by atoms with Crippen LogP contribution in [0.2, 0.25) is 0 Å². The van der Waals surface area contributed by atoms with Gasteiger partial charge in [-0.15, -0.1) is 11.8 Å². The average molecular weight is 401 g/mol. The van der Waals surface area contributed by atoms with E-state index in [-0.39, 0.29) is 28.7 Å². The second kappa shape index (κ2) is 11.4. The number of phenolic OH excluding ortho intramolecular Hbond substituents is 1. The lowest BCUT2D eigenvalue weighted by Gasteiger charge is -2.20. The number of aromatic hydroxyl groups is 1. The van der Waals surface area contributed by atoms with E-state index in [0.29, 0.717) is 25.1 Å². The van der Waals surface area contributed by atoms with E-state index in [2.05, 4.69) is 36.6 Å². The summed E-state index contributed by atoms with van der Waals surface area (Å²) in [6.07, 6.45) is 0.643. The van der Waals surface area contributed by atoms with E-state index >= 15 is 0 Å². The lowest BCUT2D eigenvalue weighted by atomic mass is 10.1. The summed E-state index contributed by atoms with van der Waals surface area (Å²) in [6, 6.07) is 16.4. The molecule has 0 spiro atoms. The first kappa shape index (κ1) is 21.8. The molecule has 0 heterocycles. The zero-order chi connectivity index (χ0) is 20.4. The maximum atomic E-state index is 12.5. The zero-order valence-corrected chi connectivity index (χ0v) is 17.2. The minimum absolute atomic E-state index is 0.0373. The van der Waals surface area contributed by atoms with Gasteiger partial charge >= 0.3 is 0 Å². The molecule has 0 fully saturated rings. The van der Waals surface area contributed by atoms with Gasteiger partial charge in [-0.1, -0.05) is 50.2 Å². The Morgan fingerprint density at radius 1 is 1.00 bits per heavy atom. The number of amides is 2. The summed E-state index contributed by atoms with van der Waals surface area (Å²) < 4.78 is 0. The summed E-state index contributed by atoms with van der Waals surface area (Å²) in [6.45, 7) is 5.07. The van der Waals surface area contributed by atoms with Crippen molar-refractivity contribution in [3.05, 3.63) is 65.7 Å². The van der Waals surface area contributed by atoms with Gasteiger partial charge in [0, 0.05) is 24.4 Å². The predicted molar refractivity (Wildman–Crippen MR) is 114 cm³/mol. The van der Waals surface area contributed by atoms with Crippen LogP contribution in [0.5, 0.6) is 5.75 Å². The molecular weight excluding hydrogens is 372 g/mol. The van der Waals surface area contributed by atoms with Crippen molar-refractivity contribution < 1.29 is 14.7 Å². The van der Waals surface area contributed by atoms with Crippen LogP contribution in [-0.2, 0) is 10.5 Å². The number of benzene rings is 2. The van der Waals surface area contributed by atoms with E-state index in [0.717, 1.165) is 5.75 Å². The monoisotopic (exact) mass is 400 g/mol. The Bertz CT molecular complexity index is 765. The molecule has 2 aromatic rings. The molecule has 1 atom stereocenters. The SMILES string of the molecule is CC(C)C(SCc1ccccc1)C(=O)NCCCNC(=O)c1cccc(O)c1. The Balaban J connectivity index is 1.70. The molecule has 3 N–H and O–H groups in total. The van der Waals surface area contributed by atoms with Crippen molar-refractivity contribution in [3.8, 4) is 5.75 Å². The summed E-state index contributed by atoms with van der Waals surface area (Å²) in [5.74, 6) is 0.902. The summed E-state index contributed by atoms with van der Waals surface area (Å²) >= 11 is 1.65. The quantitative estimate of drug-likeness (QED) is 0.533. The molecule has 0 radical (unpaired) electrons. The van der Waals surface area contributed by atoms with Crippen LogP contribution in [0.1, 0.15) is 36.2 Å². The van der Waals surface area contributed by atoms with E-state index in [1.807, 2.05) is 18.2 Å². The fourth-order valence-corrected chi connectivity index (χ4v) is 3.87.